The zero-order valence-corrected chi connectivity index (χ0v) is 38.7. The number of anilines is 2. The first-order valence-corrected chi connectivity index (χ1v) is 25.8. The first-order chi connectivity index (χ1) is 28.8. The molecule has 2 unspecified atom stereocenters. The fourth-order valence-corrected chi connectivity index (χ4v) is 10.7. The molecule has 3 aliphatic rings. The molecule has 2 aliphatic heterocycles. The van der Waals surface area contributed by atoms with Gasteiger partial charge in [-0.3, -0.25) is 27.8 Å². The Kier molecular flexibility index (Phi) is 13.5. The van der Waals surface area contributed by atoms with E-state index in [9.17, 15) is 66.6 Å². The van der Waals surface area contributed by atoms with Crippen LogP contribution in [0.2, 0.25) is 0 Å². The van der Waals surface area contributed by atoms with Crippen LogP contribution in [0.5, 0.6) is 0 Å². The summed E-state index contributed by atoms with van der Waals surface area (Å²) in [5.41, 5.74) is -2.08. The summed E-state index contributed by atoms with van der Waals surface area (Å²) in [6.45, 7) is 10.4. The van der Waals surface area contributed by atoms with Gasteiger partial charge in [0.1, 0.15) is 0 Å². The third-order valence-electron chi connectivity index (χ3n) is 12.3. The first-order valence-electron chi connectivity index (χ1n) is 19.7. The Morgan fingerprint density at radius 3 is 1.81 bits per heavy atom. The summed E-state index contributed by atoms with van der Waals surface area (Å²) in [5.74, 6) is -3.64. The molecule has 5 N–H and O–H groups in total. The number of carbonyl (C=O) groups is 2. The largest absolute Gasteiger partial charge is 0.480 e. The van der Waals surface area contributed by atoms with Crippen LogP contribution in [0.1, 0.15) is 78.4 Å². The summed E-state index contributed by atoms with van der Waals surface area (Å²) in [5, 5.41) is 10.7. The molecule has 0 bridgehead atoms. The zero-order chi connectivity index (χ0) is 47.4. The number of fused-ring (bicyclic) bond motifs is 2. The van der Waals surface area contributed by atoms with E-state index >= 15 is 0 Å². The van der Waals surface area contributed by atoms with Gasteiger partial charge >= 0.3 is 11.9 Å². The maximum Gasteiger partial charge on any atom is 0.324 e. The number of aliphatic carboxylic acids is 1. The highest BCUT2D eigenvalue weighted by Gasteiger charge is 2.54. The van der Waals surface area contributed by atoms with Crippen molar-refractivity contribution >= 4 is 63.8 Å². The number of carbonyl (C=O) groups excluding carboxylic acids is 1. The van der Waals surface area contributed by atoms with Gasteiger partial charge in [0.2, 0.25) is 0 Å². The predicted octanol–water partition coefficient (Wildman–Crippen LogP) is 5.11. The van der Waals surface area contributed by atoms with Crippen molar-refractivity contribution in [2.75, 3.05) is 41.0 Å². The van der Waals surface area contributed by atoms with E-state index in [1.807, 2.05) is 18.7 Å². The molecule has 18 nitrogen and oxygen atoms in total. The van der Waals surface area contributed by atoms with Crippen molar-refractivity contribution in [1.29, 1.82) is 0 Å². The molecule has 346 valence electrons. The van der Waals surface area contributed by atoms with Crippen LogP contribution in [-0.4, -0.2) is 106 Å². The molecule has 2 aromatic carbocycles. The number of carboxylic acid groups (broad SMARTS) is 1. The molecule has 1 aliphatic carbocycles. The molecule has 2 aromatic rings. The minimum atomic E-state index is -4.63. The highest BCUT2D eigenvalue weighted by atomic mass is 32.2. The molecule has 2 heterocycles. The smallest absolute Gasteiger partial charge is 0.324 e. The summed E-state index contributed by atoms with van der Waals surface area (Å²) in [6.07, 6.45) is 7.50. The molecule has 0 fully saturated rings. The van der Waals surface area contributed by atoms with Crippen molar-refractivity contribution < 1.29 is 71.3 Å². The van der Waals surface area contributed by atoms with Crippen LogP contribution in [0.15, 0.2) is 93.4 Å². The summed E-state index contributed by atoms with van der Waals surface area (Å²) >= 11 is 0. The van der Waals surface area contributed by atoms with E-state index in [1.54, 1.807) is 56.1 Å². The first kappa shape index (κ1) is 49.6. The van der Waals surface area contributed by atoms with Crippen molar-refractivity contribution in [3.05, 3.63) is 94.7 Å². The van der Waals surface area contributed by atoms with E-state index in [1.165, 1.54) is 43.3 Å². The van der Waals surface area contributed by atoms with Crippen LogP contribution in [0.4, 0.5) is 11.4 Å². The SMILES string of the molecule is CCOC(=O)C1(C(=O)O)CC(/C=C/C2(C)N(CCCS(=O)(=O)O)c3ccc(S(=O)(=O)O)cc3C2(C)C)=CC(=C/C=C2/N(CCCS(=O)(=O)O)c3ccc(S(=O)(=O)O)cc3C2(C)C)/C1. The average molecular weight is 957 g/mol. The Balaban J connectivity index is 1.67. The van der Waals surface area contributed by atoms with Gasteiger partial charge < -0.3 is 19.6 Å². The van der Waals surface area contributed by atoms with Crippen molar-refractivity contribution in [3.63, 3.8) is 0 Å². The highest BCUT2D eigenvalue weighted by molar-refractivity contribution is 7.86. The second-order valence-electron chi connectivity index (χ2n) is 17.1. The number of benzene rings is 2. The number of hydrogen-bond donors (Lipinski definition) is 5. The van der Waals surface area contributed by atoms with Crippen LogP contribution >= 0.6 is 0 Å². The molecule has 5 rings (SSSR count). The fraction of sp³-hybridized carbons (Fsp3) is 0.463. The molecule has 0 amide bonds. The van der Waals surface area contributed by atoms with Crippen molar-refractivity contribution in [1.82, 2.24) is 0 Å². The van der Waals surface area contributed by atoms with E-state index < -0.39 is 85.7 Å². The number of rotatable bonds is 16. The molecule has 63 heavy (non-hydrogen) atoms. The van der Waals surface area contributed by atoms with Crippen LogP contribution in [0, 0.1) is 5.41 Å². The van der Waals surface area contributed by atoms with Crippen molar-refractivity contribution in [2.24, 2.45) is 5.41 Å². The second kappa shape index (κ2) is 17.2. The summed E-state index contributed by atoms with van der Waals surface area (Å²) < 4.78 is 139. The Morgan fingerprint density at radius 1 is 0.746 bits per heavy atom. The van der Waals surface area contributed by atoms with Gasteiger partial charge in [-0.1, -0.05) is 52.0 Å². The Bertz CT molecular complexity index is 2790. The van der Waals surface area contributed by atoms with Gasteiger partial charge in [-0.05, 0) is 104 Å². The Hall–Kier alpha value is -4.42. The maximum absolute atomic E-state index is 13.7. The van der Waals surface area contributed by atoms with Gasteiger partial charge in [-0.2, -0.15) is 33.7 Å². The molecule has 0 radical (unpaired) electrons. The van der Waals surface area contributed by atoms with Crippen molar-refractivity contribution in [2.45, 2.75) is 93.4 Å². The van der Waals surface area contributed by atoms with Crippen LogP contribution < -0.4 is 9.80 Å². The van der Waals surface area contributed by atoms with Crippen LogP contribution in [-0.2, 0) is 65.6 Å². The fourth-order valence-electron chi connectivity index (χ4n) is 8.71. The van der Waals surface area contributed by atoms with E-state index in [-0.39, 0.29) is 55.2 Å². The van der Waals surface area contributed by atoms with Gasteiger partial charge in [0, 0.05) is 41.0 Å². The highest BCUT2D eigenvalue weighted by Crippen LogP contribution is 2.54. The van der Waals surface area contributed by atoms with E-state index in [0.29, 0.717) is 39.3 Å². The van der Waals surface area contributed by atoms with Gasteiger partial charge in [0.05, 0.1) is 33.4 Å². The van der Waals surface area contributed by atoms with Crippen LogP contribution in [0.3, 0.4) is 0 Å². The molecule has 0 aromatic heterocycles. The molecular weight excluding hydrogens is 905 g/mol. The zero-order valence-electron chi connectivity index (χ0n) is 35.5. The van der Waals surface area contributed by atoms with Gasteiger partial charge in [0.25, 0.3) is 40.5 Å². The minimum absolute atomic E-state index is 0.0331. The summed E-state index contributed by atoms with van der Waals surface area (Å²) in [4.78, 5) is 29.7. The van der Waals surface area contributed by atoms with E-state index in [0.717, 1.165) is 0 Å². The van der Waals surface area contributed by atoms with Crippen LogP contribution in [0.25, 0.3) is 0 Å². The van der Waals surface area contributed by atoms with Gasteiger partial charge in [-0.25, -0.2) is 0 Å². The maximum atomic E-state index is 13.7. The van der Waals surface area contributed by atoms with Crippen molar-refractivity contribution in [3.8, 4) is 0 Å². The average Bonchev–Trinajstić information content (AvgIpc) is 3.46. The number of esters is 1. The number of allylic oxidation sites excluding steroid dienone is 7. The Morgan fingerprint density at radius 2 is 1.29 bits per heavy atom. The Labute approximate surface area is 368 Å². The second-order valence-corrected chi connectivity index (χ2v) is 23.1. The lowest BCUT2D eigenvalue weighted by Gasteiger charge is -2.44. The number of hydrogen-bond acceptors (Lipinski definition) is 13. The monoisotopic (exact) mass is 956 g/mol. The molecule has 22 heteroatoms. The normalized spacial score (nSPS) is 23.6. The minimum Gasteiger partial charge on any atom is -0.480 e. The van der Waals surface area contributed by atoms with E-state index in [2.05, 4.69) is 0 Å². The third kappa shape index (κ3) is 10.1. The lowest BCUT2D eigenvalue weighted by atomic mass is 9.69. The summed E-state index contributed by atoms with van der Waals surface area (Å²) in [6, 6.07) is 7.96. The molecule has 2 atom stereocenters. The standard InChI is InChI=1S/C41H52N2O16S4/c1-7-59-37(46)41(36(44)45)25-27(10-15-35-38(2,3)31-23-29(62(53,54)55)11-13-33(31)42(35)18-8-20-60(47,48)49)22-28(26-41)16-17-40(6)39(4,5)32-24-30(63(56,57)58)12-14-34(32)43(40)19-9-21-61(50,51)52/h10-17,22-24H,7-9,18-21,25-26H2,1-6H3,(H,44,45)(H,47,48,49)(H,50,51,52)(H,53,54,55)(H,56,57,58)/b17-16+,27-10-,35-15+. The predicted molar refractivity (Wildman–Crippen MR) is 233 cm³/mol. The quantitative estimate of drug-likeness (QED) is 0.0830. The molecule has 0 saturated carbocycles. The lowest BCUT2D eigenvalue weighted by molar-refractivity contribution is -0.168. The number of carboxylic acids is 1. The molecule has 0 saturated heterocycles. The molecule has 0 spiro atoms. The van der Waals surface area contributed by atoms with E-state index in [4.69, 9.17) is 4.74 Å². The third-order valence-corrected chi connectivity index (χ3v) is 15.6. The topological polar surface area (TPSA) is 288 Å². The number of ether oxygens (including phenoxy) is 1. The summed E-state index contributed by atoms with van der Waals surface area (Å²) in [7, 11) is -18.0. The molecular formula is C41H52N2O16S4. The van der Waals surface area contributed by atoms with Gasteiger partial charge in [-0.15, -0.1) is 0 Å². The van der Waals surface area contributed by atoms with Gasteiger partial charge in [0.15, 0.2) is 5.41 Å². The lowest BCUT2D eigenvalue weighted by Crippen LogP contribution is -2.52. The number of nitrogens with zero attached hydrogens (tertiary/aromatic N) is 2.